The van der Waals surface area contributed by atoms with Crippen LogP contribution in [0.2, 0.25) is 0 Å². The maximum atomic E-state index is 11.3. The molecule has 4 N–H and O–H groups in total. The molecule has 0 fully saturated rings. The van der Waals surface area contributed by atoms with Gasteiger partial charge in [0.1, 0.15) is 0 Å². The van der Waals surface area contributed by atoms with Crippen molar-refractivity contribution in [3.05, 3.63) is 45.4 Å². The summed E-state index contributed by atoms with van der Waals surface area (Å²) in [5, 5.41) is 12.7. The van der Waals surface area contributed by atoms with Gasteiger partial charge in [0, 0.05) is 18.0 Å². The molecule has 1 aromatic heterocycles. The number of rotatable bonds is 7. The van der Waals surface area contributed by atoms with Gasteiger partial charge >= 0.3 is 0 Å². The number of aryl methyl sites for hydroxylation is 2. The van der Waals surface area contributed by atoms with Crippen LogP contribution in [0.15, 0.2) is 34.2 Å². The molecule has 7 nitrogen and oxygen atoms in total. The van der Waals surface area contributed by atoms with E-state index in [4.69, 9.17) is 5.14 Å². The molecule has 0 saturated carbocycles. The number of hydrogen-bond acceptors (Lipinski definition) is 5. The summed E-state index contributed by atoms with van der Waals surface area (Å²) in [7, 11) is -3.65. The third kappa shape index (κ3) is 6.08. The molecule has 2 aromatic rings. The Morgan fingerprint density at radius 2 is 1.92 bits per heavy atom. The molecular formula is C17H25N5O2S2. The van der Waals surface area contributed by atoms with Crippen molar-refractivity contribution in [2.75, 3.05) is 13.1 Å². The molecule has 142 valence electrons. The van der Waals surface area contributed by atoms with Crippen molar-refractivity contribution in [3.8, 4) is 0 Å². The normalized spacial score (nSPS) is 12.2. The van der Waals surface area contributed by atoms with Crippen LogP contribution in [0.1, 0.15) is 28.1 Å². The number of primary sulfonamides is 1. The summed E-state index contributed by atoms with van der Waals surface area (Å²) in [6, 6.07) is 6.60. The number of nitrogens with two attached hydrogens (primary N) is 1. The van der Waals surface area contributed by atoms with Crippen LogP contribution < -0.4 is 15.8 Å². The van der Waals surface area contributed by atoms with Crippen LogP contribution in [0.4, 0.5) is 0 Å². The highest BCUT2D eigenvalue weighted by molar-refractivity contribution is 7.89. The predicted octanol–water partition coefficient (Wildman–Crippen LogP) is 1.71. The number of nitrogens with one attached hydrogen (secondary N) is 2. The largest absolute Gasteiger partial charge is 0.357 e. The monoisotopic (exact) mass is 395 g/mol. The zero-order valence-corrected chi connectivity index (χ0v) is 16.9. The van der Waals surface area contributed by atoms with Crippen LogP contribution in [0.3, 0.4) is 0 Å². The predicted molar refractivity (Wildman–Crippen MR) is 106 cm³/mol. The van der Waals surface area contributed by atoms with Crippen molar-refractivity contribution in [1.29, 1.82) is 0 Å². The second kappa shape index (κ2) is 9.11. The molecule has 0 bridgehead atoms. The average molecular weight is 396 g/mol. The third-order valence-corrected chi connectivity index (χ3v) is 5.67. The fourth-order valence-corrected chi connectivity index (χ4v) is 3.76. The van der Waals surface area contributed by atoms with Gasteiger partial charge in [0.2, 0.25) is 10.0 Å². The molecule has 2 rings (SSSR count). The van der Waals surface area contributed by atoms with Gasteiger partial charge in [0.15, 0.2) is 5.96 Å². The fraction of sp³-hybridized carbons (Fsp3) is 0.412. The molecule has 0 aliphatic heterocycles. The summed E-state index contributed by atoms with van der Waals surface area (Å²) in [4.78, 5) is 10.3. The van der Waals surface area contributed by atoms with Gasteiger partial charge in [-0.2, -0.15) is 0 Å². The Hall–Kier alpha value is -1.97. The first-order valence-corrected chi connectivity index (χ1v) is 10.7. The van der Waals surface area contributed by atoms with E-state index in [-0.39, 0.29) is 4.90 Å². The fourth-order valence-electron chi connectivity index (χ4n) is 2.38. The molecular weight excluding hydrogens is 370 g/mol. The van der Waals surface area contributed by atoms with Crippen LogP contribution in [-0.2, 0) is 23.0 Å². The van der Waals surface area contributed by atoms with Gasteiger partial charge in [-0.3, -0.25) is 0 Å². The summed E-state index contributed by atoms with van der Waals surface area (Å²) in [5.74, 6) is 0.749. The molecule has 0 radical (unpaired) electrons. The number of aliphatic imine (C=N–C) groups is 1. The Morgan fingerprint density at radius 3 is 2.46 bits per heavy atom. The van der Waals surface area contributed by atoms with Gasteiger partial charge in [-0.25, -0.2) is 23.5 Å². The Bertz CT molecular complexity index is 858. The molecule has 0 unspecified atom stereocenters. The van der Waals surface area contributed by atoms with E-state index in [2.05, 4.69) is 20.6 Å². The number of aromatic nitrogens is 1. The Kier molecular flexibility index (Phi) is 7.13. The first-order chi connectivity index (χ1) is 12.3. The summed E-state index contributed by atoms with van der Waals surface area (Å²) in [5.41, 5.74) is 2.05. The van der Waals surface area contributed by atoms with E-state index in [0.717, 1.165) is 35.2 Å². The topological polar surface area (TPSA) is 109 Å². The van der Waals surface area contributed by atoms with Gasteiger partial charge in [-0.05, 0) is 44.9 Å². The minimum absolute atomic E-state index is 0.124. The van der Waals surface area contributed by atoms with Crippen LogP contribution >= 0.6 is 11.3 Å². The number of sulfonamides is 1. The van der Waals surface area contributed by atoms with Crippen molar-refractivity contribution in [2.45, 2.75) is 38.6 Å². The van der Waals surface area contributed by atoms with Gasteiger partial charge in [-0.1, -0.05) is 12.1 Å². The maximum absolute atomic E-state index is 11.3. The lowest BCUT2D eigenvalue weighted by Crippen LogP contribution is -2.38. The summed E-state index contributed by atoms with van der Waals surface area (Å²) < 4.78 is 22.5. The Morgan fingerprint density at radius 1 is 1.23 bits per heavy atom. The molecule has 0 saturated heterocycles. The zero-order chi connectivity index (χ0) is 19.2. The Labute approximate surface area is 158 Å². The number of guanidine groups is 1. The van der Waals surface area contributed by atoms with Crippen molar-refractivity contribution in [1.82, 2.24) is 15.6 Å². The standard InChI is InChI=1S/C17H25N5O2S2/c1-4-19-17(21-11-16-12(2)22-13(3)25-16)20-10-9-14-5-7-15(8-6-14)26(18,23)24/h5-8H,4,9-11H2,1-3H3,(H2,18,23,24)(H2,19,20,21). The zero-order valence-electron chi connectivity index (χ0n) is 15.2. The molecule has 1 heterocycles. The second-order valence-corrected chi connectivity index (χ2v) is 8.65. The smallest absolute Gasteiger partial charge is 0.238 e. The van der Waals surface area contributed by atoms with E-state index in [1.54, 1.807) is 23.5 Å². The van der Waals surface area contributed by atoms with E-state index in [1.807, 2.05) is 20.8 Å². The van der Waals surface area contributed by atoms with Crippen molar-refractivity contribution in [3.63, 3.8) is 0 Å². The summed E-state index contributed by atoms with van der Waals surface area (Å²) in [6.07, 6.45) is 0.744. The average Bonchev–Trinajstić information content (AvgIpc) is 2.90. The van der Waals surface area contributed by atoms with E-state index in [1.165, 1.54) is 17.0 Å². The molecule has 0 spiro atoms. The van der Waals surface area contributed by atoms with Gasteiger partial charge in [-0.15, -0.1) is 11.3 Å². The number of thiazole rings is 1. The quantitative estimate of drug-likeness (QED) is 0.488. The van der Waals surface area contributed by atoms with Crippen molar-refractivity contribution < 1.29 is 8.42 Å². The lowest BCUT2D eigenvalue weighted by Gasteiger charge is -2.11. The molecule has 0 aliphatic rings. The number of hydrogen-bond donors (Lipinski definition) is 3. The van der Waals surface area contributed by atoms with Gasteiger partial charge in [0.25, 0.3) is 0 Å². The van der Waals surface area contributed by atoms with Crippen molar-refractivity contribution >= 4 is 27.3 Å². The maximum Gasteiger partial charge on any atom is 0.238 e. The van der Waals surface area contributed by atoms with Crippen LogP contribution in [0.5, 0.6) is 0 Å². The molecule has 0 amide bonds. The van der Waals surface area contributed by atoms with Crippen LogP contribution in [-0.4, -0.2) is 32.5 Å². The summed E-state index contributed by atoms with van der Waals surface area (Å²) in [6.45, 7) is 8.06. The van der Waals surface area contributed by atoms with Gasteiger partial charge < -0.3 is 10.6 Å². The first-order valence-electron chi connectivity index (χ1n) is 8.36. The molecule has 1 aromatic carbocycles. The SMILES string of the molecule is CCNC(=NCc1sc(C)nc1C)NCCc1ccc(S(N)(=O)=O)cc1. The van der Waals surface area contributed by atoms with Crippen LogP contribution in [0.25, 0.3) is 0 Å². The molecule has 0 aliphatic carbocycles. The number of benzene rings is 1. The third-order valence-electron chi connectivity index (χ3n) is 3.68. The Balaban J connectivity index is 1.91. The first kappa shape index (κ1) is 20.3. The van der Waals surface area contributed by atoms with E-state index in [9.17, 15) is 8.42 Å². The van der Waals surface area contributed by atoms with Gasteiger partial charge in [0.05, 0.1) is 22.1 Å². The van der Waals surface area contributed by atoms with E-state index >= 15 is 0 Å². The minimum Gasteiger partial charge on any atom is -0.357 e. The highest BCUT2D eigenvalue weighted by atomic mass is 32.2. The van der Waals surface area contributed by atoms with Crippen LogP contribution in [0, 0.1) is 13.8 Å². The van der Waals surface area contributed by atoms with Crippen molar-refractivity contribution in [2.24, 2.45) is 10.1 Å². The highest BCUT2D eigenvalue weighted by Crippen LogP contribution is 2.17. The lowest BCUT2D eigenvalue weighted by molar-refractivity contribution is 0.598. The number of nitrogens with zero attached hydrogens (tertiary/aromatic N) is 2. The molecule has 9 heteroatoms. The molecule has 26 heavy (non-hydrogen) atoms. The lowest BCUT2D eigenvalue weighted by atomic mass is 10.1. The van der Waals surface area contributed by atoms with E-state index < -0.39 is 10.0 Å². The molecule has 0 atom stereocenters. The summed E-state index contributed by atoms with van der Waals surface area (Å²) >= 11 is 1.67. The minimum atomic E-state index is -3.65. The second-order valence-electron chi connectivity index (χ2n) is 5.80. The highest BCUT2D eigenvalue weighted by Gasteiger charge is 2.07. The van der Waals surface area contributed by atoms with E-state index in [0.29, 0.717) is 13.1 Å².